The Morgan fingerprint density at radius 2 is 1.68 bits per heavy atom. The second-order valence-electron chi connectivity index (χ2n) is 5.61. The van der Waals surface area contributed by atoms with Crippen molar-refractivity contribution >= 4 is 18.9 Å². The van der Waals surface area contributed by atoms with Crippen molar-refractivity contribution in [3.05, 3.63) is 36.2 Å². The second kappa shape index (κ2) is 5.69. The van der Waals surface area contributed by atoms with Crippen LogP contribution in [0.25, 0.3) is 0 Å². The second-order valence-corrected chi connectivity index (χ2v) is 5.61. The van der Waals surface area contributed by atoms with Gasteiger partial charge in [-0.1, -0.05) is 5.46 Å². The molecule has 1 aliphatic rings. The van der Waals surface area contributed by atoms with Gasteiger partial charge in [0.05, 0.1) is 11.2 Å². The SMILES string of the molecule is [CH2-]c1cc(B2OC(C)(C)C(C)(C)O2)ccc1[C-]=O.[Y]. The van der Waals surface area contributed by atoms with Crippen molar-refractivity contribution in [3.8, 4) is 0 Å². The standard InChI is InChI=1S/C14H17BO3.Y/c1-10-8-12(7-6-11(10)9-16)15-17-13(2,3)14(4,5)18-15;/h6-8H,1H2,2-5H3;/q-2;. The van der Waals surface area contributed by atoms with Crippen molar-refractivity contribution in [2.75, 3.05) is 0 Å². The fraction of sp³-hybridized carbons (Fsp3) is 0.429. The third-order valence-electron chi connectivity index (χ3n) is 3.76. The van der Waals surface area contributed by atoms with Gasteiger partial charge in [-0.25, -0.2) is 12.1 Å². The molecular formula is C14H17BO3Y-2. The van der Waals surface area contributed by atoms with E-state index in [0.29, 0.717) is 11.1 Å². The van der Waals surface area contributed by atoms with E-state index in [4.69, 9.17) is 9.31 Å². The zero-order valence-corrected chi connectivity index (χ0v) is 14.7. The van der Waals surface area contributed by atoms with Crippen molar-refractivity contribution in [2.45, 2.75) is 38.9 Å². The van der Waals surface area contributed by atoms with E-state index in [-0.39, 0.29) is 43.9 Å². The molecule has 0 aliphatic carbocycles. The Kier molecular flexibility index (Phi) is 5.06. The molecule has 5 heteroatoms. The molecule has 0 bridgehead atoms. The molecule has 1 aromatic carbocycles. The monoisotopic (exact) mass is 333 g/mol. The maximum atomic E-state index is 10.6. The van der Waals surface area contributed by atoms with Gasteiger partial charge < -0.3 is 14.1 Å². The van der Waals surface area contributed by atoms with Crippen LogP contribution in [0.2, 0.25) is 0 Å². The number of hydrogen-bond donors (Lipinski definition) is 0. The molecule has 1 fully saturated rings. The molecule has 1 aromatic rings. The molecular weight excluding hydrogens is 316 g/mol. The quantitative estimate of drug-likeness (QED) is 0.610. The minimum Gasteiger partial charge on any atom is -0.400 e. The summed E-state index contributed by atoms with van der Waals surface area (Å²) in [4.78, 5) is 10.6. The molecule has 1 saturated heterocycles. The van der Waals surface area contributed by atoms with Crippen molar-refractivity contribution < 1.29 is 46.8 Å². The summed E-state index contributed by atoms with van der Waals surface area (Å²) in [6.07, 6.45) is 1.85. The van der Waals surface area contributed by atoms with Crippen LogP contribution in [0.5, 0.6) is 0 Å². The van der Waals surface area contributed by atoms with Crippen molar-refractivity contribution in [2.24, 2.45) is 0 Å². The minimum atomic E-state index is -0.420. The Balaban J connectivity index is 0.00000180. The van der Waals surface area contributed by atoms with Gasteiger partial charge in [-0.15, -0.1) is 6.07 Å². The summed E-state index contributed by atoms with van der Waals surface area (Å²) in [6, 6.07) is 5.31. The summed E-state index contributed by atoms with van der Waals surface area (Å²) >= 11 is 0. The maximum Gasteiger partial charge on any atom is 0.479 e. The molecule has 1 aliphatic heterocycles. The first-order valence-electron chi connectivity index (χ1n) is 5.96. The Morgan fingerprint density at radius 3 is 2.11 bits per heavy atom. The molecule has 0 amide bonds. The molecule has 3 nitrogen and oxygen atoms in total. The van der Waals surface area contributed by atoms with Crippen LogP contribution >= 0.6 is 0 Å². The first-order valence-corrected chi connectivity index (χ1v) is 5.96. The predicted octanol–water partition coefficient (Wildman–Crippen LogP) is 1.62. The van der Waals surface area contributed by atoms with E-state index >= 15 is 0 Å². The van der Waals surface area contributed by atoms with Gasteiger partial charge in [0, 0.05) is 32.7 Å². The van der Waals surface area contributed by atoms with Gasteiger partial charge in [-0.05, 0) is 34.0 Å². The molecule has 0 unspecified atom stereocenters. The van der Waals surface area contributed by atoms with Gasteiger partial charge in [0.1, 0.15) is 0 Å². The summed E-state index contributed by atoms with van der Waals surface area (Å²) in [5.74, 6) is 0. The Bertz CT molecular complexity index is 470. The average Bonchev–Trinajstić information content (AvgIpc) is 2.48. The van der Waals surface area contributed by atoms with Crippen molar-refractivity contribution in [1.82, 2.24) is 0 Å². The number of carbonyl (C=O) groups excluding carboxylic acids is 1. The molecule has 0 saturated carbocycles. The molecule has 99 valence electrons. The van der Waals surface area contributed by atoms with Crippen LogP contribution in [-0.4, -0.2) is 24.6 Å². The topological polar surface area (TPSA) is 35.5 Å². The molecule has 0 spiro atoms. The van der Waals surface area contributed by atoms with E-state index in [1.165, 1.54) is 0 Å². The Labute approximate surface area is 140 Å². The molecule has 0 aromatic heterocycles. The van der Waals surface area contributed by atoms with Gasteiger partial charge in [-0.2, -0.15) is 0 Å². The van der Waals surface area contributed by atoms with Crippen LogP contribution in [0, 0.1) is 6.92 Å². The summed E-state index contributed by atoms with van der Waals surface area (Å²) in [6.45, 7) is 11.8. The molecule has 1 heterocycles. The zero-order chi connectivity index (χ0) is 13.6. The fourth-order valence-electron chi connectivity index (χ4n) is 1.84. The smallest absolute Gasteiger partial charge is 0.400 e. The normalized spacial score (nSPS) is 19.9. The third kappa shape index (κ3) is 3.13. The largest absolute Gasteiger partial charge is 0.479 e. The van der Waals surface area contributed by atoms with Gasteiger partial charge in [-0.3, -0.25) is 18.1 Å². The van der Waals surface area contributed by atoms with Crippen LogP contribution in [0.4, 0.5) is 0 Å². The van der Waals surface area contributed by atoms with E-state index in [1.807, 2.05) is 46.1 Å². The van der Waals surface area contributed by atoms with E-state index in [1.54, 1.807) is 6.07 Å². The van der Waals surface area contributed by atoms with Crippen LogP contribution < -0.4 is 5.46 Å². The third-order valence-corrected chi connectivity index (χ3v) is 3.76. The zero-order valence-electron chi connectivity index (χ0n) is 11.8. The van der Waals surface area contributed by atoms with Gasteiger partial charge in [0.25, 0.3) is 0 Å². The van der Waals surface area contributed by atoms with E-state index in [2.05, 4.69) is 6.92 Å². The molecule has 1 radical (unpaired) electrons. The molecule has 0 atom stereocenters. The molecule has 2 rings (SSSR count). The molecule has 0 N–H and O–H groups in total. The Morgan fingerprint density at radius 1 is 1.16 bits per heavy atom. The molecule has 19 heavy (non-hydrogen) atoms. The van der Waals surface area contributed by atoms with Crippen LogP contribution in [0.3, 0.4) is 0 Å². The van der Waals surface area contributed by atoms with Crippen molar-refractivity contribution in [3.63, 3.8) is 0 Å². The minimum absolute atomic E-state index is 0. The van der Waals surface area contributed by atoms with E-state index in [9.17, 15) is 4.79 Å². The number of rotatable bonds is 2. The average molecular weight is 333 g/mol. The van der Waals surface area contributed by atoms with Gasteiger partial charge in [0.2, 0.25) is 0 Å². The number of benzene rings is 1. The van der Waals surface area contributed by atoms with E-state index < -0.39 is 7.12 Å². The first kappa shape index (κ1) is 16.9. The summed E-state index contributed by atoms with van der Waals surface area (Å²) in [5.41, 5.74) is 1.24. The van der Waals surface area contributed by atoms with Crippen LogP contribution in [-0.2, 0) is 46.8 Å². The van der Waals surface area contributed by atoms with Gasteiger partial charge >= 0.3 is 7.12 Å². The van der Waals surface area contributed by atoms with Crippen molar-refractivity contribution in [1.29, 1.82) is 0 Å². The van der Waals surface area contributed by atoms with E-state index in [0.717, 1.165) is 5.46 Å². The fourth-order valence-corrected chi connectivity index (χ4v) is 1.84. The van der Waals surface area contributed by atoms with Gasteiger partial charge in [0.15, 0.2) is 0 Å². The predicted molar refractivity (Wildman–Crippen MR) is 71.4 cm³/mol. The number of hydrogen-bond acceptors (Lipinski definition) is 3. The summed E-state index contributed by atoms with van der Waals surface area (Å²) < 4.78 is 11.9. The first-order chi connectivity index (χ1) is 8.27. The summed E-state index contributed by atoms with van der Waals surface area (Å²) in [5, 5.41) is 0. The van der Waals surface area contributed by atoms with Crippen LogP contribution in [0.15, 0.2) is 18.2 Å². The Hall–Kier alpha value is -0.151. The van der Waals surface area contributed by atoms with Crippen LogP contribution in [0.1, 0.15) is 38.8 Å². The maximum absolute atomic E-state index is 10.6. The summed E-state index contributed by atoms with van der Waals surface area (Å²) in [7, 11) is -0.420.